The summed E-state index contributed by atoms with van der Waals surface area (Å²) in [6, 6.07) is 4.04. The average molecular weight is 330 g/mol. The number of methoxy groups -OCH3 is 1. The lowest BCUT2D eigenvalue weighted by atomic mass is 9.49. The molecule has 0 amide bonds. The molecule has 1 aromatic carbocycles. The first-order valence-corrected chi connectivity index (χ1v) is 9.08. The summed E-state index contributed by atoms with van der Waals surface area (Å²) < 4.78 is 5.64. The van der Waals surface area contributed by atoms with Crippen LogP contribution in [-0.4, -0.2) is 24.1 Å². The van der Waals surface area contributed by atoms with Crippen molar-refractivity contribution in [3.8, 4) is 5.75 Å². The largest absolute Gasteiger partial charge is 0.496 e. The summed E-state index contributed by atoms with van der Waals surface area (Å²) in [6.07, 6.45) is 2.26. The summed E-state index contributed by atoms with van der Waals surface area (Å²) in [5, 5.41) is 10.9. The molecule has 1 saturated carbocycles. The molecule has 0 aromatic heterocycles. The van der Waals surface area contributed by atoms with Crippen molar-refractivity contribution in [1.82, 2.24) is 0 Å². The second-order valence-electron chi connectivity index (χ2n) is 8.84. The van der Waals surface area contributed by atoms with Gasteiger partial charge in [0.15, 0.2) is 5.78 Å². The quantitative estimate of drug-likeness (QED) is 0.871. The molecule has 1 fully saturated rings. The van der Waals surface area contributed by atoms with Gasteiger partial charge in [-0.2, -0.15) is 0 Å². The van der Waals surface area contributed by atoms with Gasteiger partial charge in [0.05, 0.1) is 7.11 Å². The zero-order valence-corrected chi connectivity index (χ0v) is 15.8. The first-order valence-electron chi connectivity index (χ1n) is 9.08. The smallest absolute Gasteiger partial charge is 0.191 e. The van der Waals surface area contributed by atoms with Gasteiger partial charge < -0.3 is 9.84 Å². The lowest BCUT2D eigenvalue weighted by Crippen LogP contribution is -2.56. The molecule has 0 bridgehead atoms. The van der Waals surface area contributed by atoms with Crippen LogP contribution in [0.1, 0.15) is 81.3 Å². The topological polar surface area (TPSA) is 46.5 Å². The SMILES string of the molecule is COc1cc2c(cc1C(C)C)C(=O)[C@H](O)[C@H]1C(C)(C)CCC[C@]21C. The summed E-state index contributed by atoms with van der Waals surface area (Å²) >= 11 is 0. The molecule has 0 unspecified atom stereocenters. The molecular formula is C21H30O3. The normalized spacial score (nSPS) is 31.6. The van der Waals surface area contributed by atoms with E-state index in [1.165, 1.54) is 0 Å². The number of hydrogen-bond donors (Lipinski definition) is 1. The van der Waals surface area contributed by atoms with Crippen LogP contribution in [-0.2, 0) is 5.41 Å². The second-order valence-corrected chi connectivity index (χ2v) is 8.84. The maximum Gasteiger partial charge on any atom is 0.191 e. The van der Waals surface area contributed by atoms with Crippen LogP contribution in [0.4, 0.5) is 0 Å². The van der Waals surface area contributed by atoms with Gasteiger partial charge in [-0.3, -0.25) is 4.79 Å². The lowest BCUT2D eigenvalue weighted by Gasteiger charge is -2.55. The van der Waals surface area contributed by atoms with Crippen LogP contribution in [0.3, 0.4) is 0 Å². The molecule has 0 radical (unpaired) electrons. The average Bonchev–Trinajstić information content (AvgIpc) is 2.50. The Bertz CT molecular complexity index is 674. The van der Waals surface area contributed by atoms with Crippen LogP contribution in [0.5, 0.6) is 5.75 Å². The van der Waals surface area contributed by atoms with Crippen molar-refractivity contribution in [1.29, 1.82) is 0 Å². The fourth-order valence-corrected chi connectivity index (χ4v) is 5.37. The monoisotopic (exact) mass is 330 g/mol. The fraction of sp³-hybridized carbons (Fsp3) is 0.667. The molecule has 3 nitrogen and oxygen atoms in total. The van der Waals surface area contributed by atoms with E-state index in [4.69, 9.17) is 4.74 Å². The first-order chi connectivity index (χ1) is 11.1. The number of fused-ring (bicyclic) bond motifs is 3. The number of aliphatic hydroxyl groups is 1. The Morgan fingerprint density at radius 1 is 1.21 bits per heavy atom. The third-order valence-electron chi connectivity index (χ3n) is 6.50. The summed E-state index contributed by atoms with van der Waals surface area (Å²) in [5.74, 6) is 0.958. The van der Waals surface area contributed by atoms with Crippen molar-refractivity contribution >= 4 is 5.78 Å². The zero-order valence-electron chi connectivity index (χ0n) is 15.8. The highest BCUT2D eigenvalue weighted by Gasteiger charge is 2.56. The molecule has 3 atom stereocenters. The molecule has 0 spiro atoms. The number of rotatable bonds is 2. The molecule has 132 valence electrons. The molecule has 0 saturated heterocycles. The summed E-state index contributed by atoms with van der Waals surface area (Å²) in [7, 11) is 1.69. The molecular weight excluding hydrogens is 300 g/mol. The van der Waals surface area contributed by atoms with Crippen molar-refractivity contribution < 1.29 is 14.6 Å². The molecule has 1 aromatic rings. The molecule has 2 aliphatic carbocycles. The van der Waals surface area contributed by atoms with E-state index in [2.05, 4.69) is 40.7 Å². The third-order valence-corrected chi connectivity index (χ3v) is 6.50. The predicted molar refractivity (Wildman–Crippen MR) is 95.9 cm³/mol. The van der Waals surface area contributed by atoms with Gasteiger partial charge >= 0.3 is 0 Å². The van der Waals surface area contributed by atoms with Gasteiger partial charge in [0, 0.05) is 11.5 Å². The maximum atomic E-state index is 13.0. The minimum atomic E-state index is -0.911. The van der Waals surface area contributed by atoms with Gasteiger partial charge in [-0.05, 0) is 52.8 Å². The molecule has 3 heteroatoms. The van der Waals surface area contributed by atoms with Crippen LogP contribution in [0.15, 0.2) is 12.1 Å². The van der Waals surface area contributed by atoms with Gasteiger partial charge in [-0.1, -0.05) is 41.0 Å². The van der Waals surface area contributed by atoms with Gasteiger partial charge in [-0.15, -0.1) is 0 Å². The van der Waals surface area contributed by atoms with E-state index in [0.717, 1.165) is 36.1 Å². The van der Waals surface area contributed by atoms with Crippen LogP contribution in [0.25, 0.3) is 0 Å². The Morgan fingerprint density at radius 3 is 2.46 bits per heavy atom. The minimum Gasteiger partial charge on any atom is -0.496 e. The van der Waals surface area contributed by atoms with Crippen molar-refractivity contribution in [2.75, 3.05) is 7.11 Å². The van der Waals surface area contributed by atoms with E-state index < -0.39 is 6.10 Å². The van der Waals surface area contributed by atoms with E-state index in [1.54, 1.807) is 7.11 Å². The number of ketones is 1. The molecule has 0 aliphatic heterocycles. The van der Waals surface area contributed by atoms with Gasteiger partial charge in [0.1, 0.15) is 11.9 Å². The van der Waals surface area contributed by atoms with Crippen LogP contribution in [0.2, 0.25) is 0 Å². The van der Waals surface area contributed by atoms with E-state index in [-0.39, 0.29) is 28.4 Å². The minimum absolute atomic E-state index is 0.0478. The Morgan fingerprint density at radius 2 is 1.88 bits per heavy atom. The van der Waals surface area contributed by atoms with E-state index in [1.807, 2.05) is 6.07 Å². The highest BCUT2D eigenvalue weighted by Crippen LogP contribution is 2.57. The molecule has 2 aliphatic rings. The number of benzene rings is 1. The van der Waals surface area contributed by atoms with Crippen molar-refractivity contribution in [3.05, 3.63) is 28.8 Å². The fourth-order valence-electron chi connectivity index (χ4n) is 5.37. The first kappa shape index (κ1) is 17.5. The van der Waals surface area contributed by atoms with E-state index in [0.29, 0.717) is 5.56 Å². The van der Waals surface area contributed by atoms with Gasteiger partial charge in [0.2, 0.25) is 0 Å². The Labute approximate surface area is 145 Å². The molecule has 3 rings (SSSR count). The third kappa shape index (κ3) is 2.32. The number of ether oxygens (including phenoxy) is 1. The highest BCUT2D eigenvalue weighted by atomic mass is 16.5. The Kier molecular flexibility index (Phi) is 4.07. The Hall–Kier alpha value is -1.35. The standard InChI is InChI=1S/C21H30O3/c1-12(2)13-10-14-15(11-16(13)24-6)21(5)9-7-8-20(3,4)19(21)18(23)17(14)22/h10-12,18-19,23H,7-9H2,1-6H3/t18-,19-,21+/m0/s1. The van der Waals surface area contributed by atoms with Crippen molar-refractivity contribution in [3.63, 3.8) is 0 Å². The van der Waals surface area contributed by atoms with E-state index >= 15 is 0 Å². The number of hydrogen-bond acceptors (Lipinski definition) is 3. The maximum absolute atomic E-state index is 13.0. The van der Waals surface area contributed by atoms with Crippen LogP contribution < -0.4 is 4.74 Å². The number of carbonyl (C=O) groups excluding carboxylic acids is 1. The highest BCUT2D eigenvalue weighted by molar-refractivity contribution is 6.03. The molecule has 0 heterocycles. The second kappa shape index (κ2) is 5.59. The number of carbonyl (C=O) groups is 1. The summed E-state index contributed by atoms with van der Waals surface area (Å²) in [5.41, 5.74) is 2.56. The van der Waals surface area contributed by atoms with Crippen LogP contribution >= 0.6 is 0 Å². The number of aliphatic hydroxyl groups excluding tert-OH is 1. The van der Waals surface area contributed by atoms with Crippen molar-refractivity contribution in [2.24, 2.45) is 11.3 Å². The lowest BCUT2D eigenvalue weighted by molar-refractivity contribution is -0.0389. The van der Waals surface area contributed by atoms with E-state index in [9.17, 15) is 9.90 Å². The molecule has 1 N–H and O–H groups in total. The van der Waals surface area contributed by atoms with Gasteiger partial charge in [-0.25, -0.2) is 0 Å². The Balaban J connectivity index is 2.27. The summed E-state index contributed by atoms with van der Waals surface area (Å²) in [4.78, 5) is 13.0. The summed E-state index contributed by atoms with van der Waals surface area (Å²) in [6.45, 7) is 10.8. The van der Waals surface area contributed by atoms with Crippen molar-refractivity contribution in [2.45, 2.75) is 71.3 Å². The van der Waals surface area contributed by atoms with Crippen LogP contribution in [0, 0.1) is 11.3 Å². The number of Topliss-reactive ketones (excluding diaryl/α,β-unsaturated/α-hetero) is 1. The van der Waals surface area contributed by atoms with Gasteiger partial charge in [0.25, 0.3) is 0 Å². The molecule has 24 heavy (non-hydrogen) atoms. The zero-order chi connectivity index (χ0) is 17.9. The predicted octanol–water partition coefficient (Wildman–Crippen LogP) is 4.46.